The number of esters is 1. The summed E-state index contributed by atoms with van der Waals surface area (Å²) in [5, 5.41) is 1.51. The zero-order valence-corrected chi connectivity index (χ0v) is 14.0. The van der Waals surface area contributed by atoms with E-state index in [2.05, 4.69) is 4.74 Å². The van der Waals surface area contributed by atoms with Crippen LogP contribution in [-0.4, -0.2) is 21.5 Å². The van der Waals surface area contributed by atoms with Crippen LogP contribution in [0.15, 0.2) is 40.6 Å². The highest BCUT2D eigenvalue weighted by atomic mass is 32.2. The lowest BCUT2D eigenvalue weighted by Crippen LogP contribution is -2.14. The van der Waals surface area contributed by atoms with Gasteiger partial charge in [-0.25, -0.2) is 4.79 Å². The monoisotopic (exact) mass is 340 g/mol. The quantitative estimate of drug-likeness (QED) is 0.616. The van der Waals surface area contributed by atoms with Crippen LogP contribution in [0.25, 0.3) is 0 Å². The van der Waals surface area contributed by atoms with Gasteiger partial charge in [-0.3, -0.25) is 0 Å². The second-order valence-electron chi connectivity index (χ2n) is 4.84. The standard InChI is InChI=1S/C15H16O5S2/c1-10(2)11-6-4-5-7-12(11)20-22(17,18)13-8-9-21-14(13)15(16)19-3/h4-10H,1-3H3. The summed E-state index contributed by atoms with van der Waals surface area (Å²) in [6, 6.07) is 8.26. The third-order valence-electron chi connectivity index (χ3n) is 3.01. The molecule has 1 heterocycles. The third kappa shape index (κ3) is 3.31. The fourth-order valence-electron chi connectivity index (χ4n) is 1.93. The van der Waals surface area contributed by atoms with Crippen LogP contribution in [0.1, 0.15) is 35.0 Å². The number of carbonyl (C=O) groups is 1. The van der Waals surface area contributed by atoms with Gasteiger partial charge in [-0.1, -0.05) is 32.0 Å². The molecule has 0 aliphatic carbocycles. The first kappa shape index (κ1) is 16.5. The average molecular weight is 340 g/mol. The smallest absolute Gasteiger partial charge is 0.349 e. The lowest BCUT2D eigenvalue weighted by molar-refractivity contribution is 0.0602. The van der Waals surface area contributed by atoms with Gasteiger partial charge < -0.3 is 8.92 Å². The Morgan fingerprint density at radius 2 is 1.86 bits per heavy atom. The maximum absolute atomic E-state index is 12.5. The molecule has 22 heavy (non-hydrogen) atoms. The van der Waals surface area contributed by atoms with Crippen molar-refractivity contribution in [3.8, 4) is 5.75 Å². The van der Waals surface area contributed by atoms with E-state index in [1.165, 1.54) is 18.6 Å². The van der Waals surface area contributed by atoms with Gasteiger partial charge in [0.15, 0.2) is 0 Å². The molecule has 0 spiro atoms. The lowest BCUT2D eigenvalue weighted by atomic mass is 10.0. The minimum absolute atomic E-state index is 0.00419. The van der Waals surface area contributed by atoms with Crippen LogP contribution in [0.4, 0.5) is 0 Å². The van der Waals surface area contributed by atoms with Crippen LogP contribution < -0.4 is 4.18 Å². The van der Waals surface area contributed by atoms with Gasteiger partial charge >= 0.3 is 16.1 Å². The summed E-state index contributed by atoms with van der Waals surface area (Å²) in [7, 11) is -2.90. The maximum atomic E-state index is 12.5. The van der Waals surface area contributed by atoms with E-state index in [9.17, 15) is 13.2 Å². The van der Waals surface area contributed by atoms with E-state index in [0.717, 1.165) is 16.9 Å². The number of carbonyl (C=O) groups excluding carboxylic acids is 1. The minimum atomic E-state index is -4.10. The molecule has 7 heteroatoms. The van der Waals surface area contributed by atoms with Crippen molar-refractivity contribution < 1.29 is 22.1 Å². The zero-order chi connectivity index (χ0) is 16.3. The van der Waals surface area contributed by atoms with E-state index in [4.69, 9.17) is 4.18 Å². The van der Waals surface area contributed by atoms with Crippen LogP contribution in [0.2, 0.25) is 0 Å². The predicted molar refractivity (Wildman–Crippen MR) is 84.0 cm³/mol. The molecule has 2 aromatic rings. The Labute approximate surface area is 133 Å². The lowest BCUT2D eigenvalue weighted by Gasteiger charge is -2.13. The summed E-state index contributed by atoms with van der Waals surface area (Å²) < 4.78 is 34.7. The zero-order valence-electron chi connectivity index (χ0n) is 12.4. The van der Waals surface area contributed by atoms with E-state index in [1.807, 2.05) is 26.0 Å². The molecular formula is C15H16O5S2. The van der Waals surface area contributed by atoms with Gasteiger partial charge in [0.1, 0.15) is 15.5 Å². The van der Waals surface area contributed by atoms with Crippen molar-refractivity contribution in [2.75, 3.05) is 7.11 Å². The first-order chi connectivity index (χ1) is 10.4. The Morgan fingerprint density at radius 1 is 1.18 bits per heavy atom. The molecule has 0 aliphatic rings. The molecule has 0 N–H and O–H groups in total. The maximum Gasteiger partial charge on any atom is 0.349 e. The Kier molecular flexibility index (Phi) is 4.87. The average Bonchev–Trinajstić information content (AvgIpc) is 2.96. The molecule has 0 saturated carbocycles. The normalized spacial score (nSPS) is 11.5. The number of thiophene rings is 1. The van der Waals surface area contributed by atoms with Crippen molar-refractivity contribution >= 4 is 27.4 Å². The number of benzene rings is 1. The molecule has 0 bridgehead atoms. The Morgan fingerprint density at radius 3 is 2.50 bits per heavy atom. The fourth-order valence-corrected chi connectivity index (χ4v) is 4.20. The fraction of sp³-hybridized carbons (Fsp3) is 0.267. The first-order valence-corrected chi connectivity index (χ1v) is 8.85. The Balaban J connectivity index is 2.42. The Bertz CT molecular complexity index is 775. The minimum Gasteiger partial charge on any atom is -0.465 e. The number of methoxy groups -OCH3 is 1. The van der Waals surface area contributed by atoms with Gasteiger partial charge in [0.2, 0.25) is 0 Å². The number of hydrogen-bond acceptors (Lipinski definition) is 6. The van der Waals surface area contributed by atoms with Gasteiger partial charge in [-0.15, -0.1) is 11.3 Å². The van der Waals surface area contributed by atoms with E-state index < -0.39 is 16.1 Å². The molecule has 1 aromatic heterocycles. The van der Waals surface area contributed by atoms with Crippen molar-refractivity contribution in [3.63, 3.8) is 0 Å². The van der Waals surface area contributed by atoms with Gasteiger partial charge in [-0.2, -0.15) is 8.42 Å². The molecule has 2 rings (SSSR count). The van der Waals surface area contributed by atoms with Crippen molar-refractivity contribution in [3.05, 3.63) is 46.2 Å². The van der Waals surface area contributed by atoms with E-state index in [0.29, 0.717) is 0 Å². The second kappa shape index (κ2) is 6.50. The molecule has 0 amide bonds. The van der Waals surface area contributed by atoms with Gasteiger partial charge in [0, 0.05) is 0 Å². The van der Waals surface area contributed by atoms with Crippen LogP contribution in [0.3, 0.4) is 0 Å². The number of rotatable bonds is 5. The molecule has 0 atom stereocenters. The molecule has 0 saturated heterocycles. The Hall–Kier alpha value is -1.86. The molecular weight excluding hydrogens is 324 g/mol. The molecule has 0 radical (unpaired) electrons. The van der Waals surface area contributed by atoms with Crippen molar-refractivity contribution in [2.24, 2.45) is 0 Å². The molecule has 5 nitrogen and oxygen atoms in total. The second-order valence-corrected chi connectivity index (χ2v) is 7.27. The summed E-state index contributed by atoms with van der Waals surface area (Å²) in [6.07, 6.45) is 0. The summed E-state index contributed by atoms with van der Waals surface area (Å²) in [5.41, 5.74) is 0.779. The molecule has 1 aromatic carbocycles. The van der Waals surface area contributed by atoms with Crippen molar-refractivity contribution in [1.29, 1.82) is 0 Å². The van der Waals surface area contributed by atoms with Gasteiger partial charge in [0.25, 0.3) is 0 Å². The number of para-hydroxylation sites is 1. The van der Waals surface area contributed by atoms with Gasteiger partial charge in [0.05, 0.1) is 7.11 Å². The van der Waals surface area contributed by atoms with Gasteiger partial charge in [-0.05, 0) is 29.0 Å². The van der Waals surface area contributed by atoms with Crippen LogP contribution in [0.5, 0.6) is 5.75 Å². The van der Waals surface area contributed by atoms with Crippen molar-refractivity contribution in [2.45, 2.75) is 24.7 Å². The highest BCUT2D eigenvalue weighted by molar-refractivity contribution is 7.87. The van der Waals surface area contributed by atoms with Crippen LogP contribution in [0, 0.1) is 0 Å². The number of hydrogen-bond donors (Lipinski definition) is 0. The largest absolute Gasteiger partial charge is 0.465 e. The SMILES string of the molecule is COC(=O)c1sccc1S(=O)(=O)Oc1ccccc1C(C)C. The summed E-state index contributed by atoms with van der Waals surface area (Å²) in [6.45, 7) is 3.89. The van der Waals surface area contributed by atoms with Crippen molar-refractivity contribution in [1.82, 2.24) is 0 Å². The molecule has 118 valence electrons. The van der Waals surface area contributed by atoms with E-state index >= 15 is 0 Å². The predicted octanol–water partition coefficient (Wildman–Crippen LogP) is 3.43. The third-order valence-corrected chi connectivity index (χ3v) is 5.31. The molecule has 0 aliphatic heterocycles. The molecule has 0 fully saturated rings. The van der Waals surface area contributed by atoms with Crippen LogP contribution in [-0.2, 0) is 14.9 Å². The summed E-state index contributed by atoms with van der Waals surface area (Å²) >= 11 is 0.996. The highest BCUT2D eigenvalue weighted by Gasteiger charge is 2.27. The topological polar surface area (TPSA) is 69.7 Å². The van der Waals surface area contributed by atoms with Crippen LogP contribution >= 0.6 is 11.3 Å². The van der Waals surface area contributed by atoms with E-state index in [1.54, 1.807) is 12.1 Å². The van der Waals surface area contributed by atoms with E-state index in [-0.39, 0.29) is 21.4 Å². The first-order valence-electron chi connectivity index (χ1n) is 6.56. The summed E-state index contributed by atoms with van der Waals surface area (Å²) in [4.78, 5) is 11.5. The highest BCUT2D eigenvalue weighted by Crippen LogP contribution is 2.31. The molecule has 0 unspecified atom stereocenters. The number of ether oxygens (including phenoxy) is 1. The summed E-state index contributed by atoms with van der Waals surface area (Å²) in [5.74, 6) is -0.331.